The fourth-order valence-corrected chi connectivity index (χ4v) is 2.17. The van der Waals surface area contributed by atoms with Crippen molar-refractivity contribution in [2.75, 3.05) is 19.7 Å². The molecule has 3 amide bonds. The molecule has 0 radical (unpaired) electrons. The number of cyclic esters (lactones) is 1. The summed E-state index contributed by atoms with van der Waals surface area (Å²) < 4.78 is 9.70. The van der Waals surface area contributed by atoms with Gasteiger partial charge in [0.25, 0.3) is 0 Å². The fourth-order valence-electron chi connectivity index (χ4n) is 2.17. The number of ether oxygens (including phenoxy) is 2. The van der Waals surface area contributed by atoms with Crippen LogP contribution in [0.2, 0.25) is 0 Å². The van der Waals surface area contributed by atoms with Crippen molar-refractivity contribution in [1.29, 1.82) is 0 Å². The number of aliphatic hydroxyl groups is 1. The van der Waals surface area contributed by atoms with Crippen molar-refractivity contribution in [3.05, 3.63) is 35.9 Å². The smallest absolute Gasteiger partial charge is 0.410 e. The number of benzene rings is 1. The van der Waals surface area contributed by atoms with Crippen LogP contribution in [0.15, 0.2) is 30.3 Å². The number of aliphatic hydroxyl groups excluding tert-OH is 1. The first-order valence-electron chi connectivity index (χ1n) is 7.33. The van der Waals surface area contributed by atoms with Crippen LogP contribution < -0.4 is 11.1 Å². The van der Waals surface area contributed by atoms with Gasteiger partial charge < -0.3 is 30.5 Å². The normalized spacial score (nSPS) is 16.2. The number of rotatable bonds is 7. The van der Waals surface area contributed by atoms with Gasteiger partial charge >= 0.3 is 12.2 Å². The van der Waals surface area contributed by atoms with Crippen molar-refractivity contribution in [2.24, 2.45) is 5.73 Å². The van der Waals surface area contributed by atoms with E-state index in [0.717, 1.165) is 5.56 Å². The zero-order valence-electron chi connectivity index (χ0n) is 12.9. The summed E-state index contributed by atoms with van der Waals surface area (Å²) in [4.78, 5) is 35.8. The summed E-state index contributed by atoms with van der Waals surface area (Å²) in [5.41, 5.74) is 5.97. The number of β-amino-alcohol motifs (C(OH)–C–C–N with tert-alkyl or cyclic N) is 1. The van der Waals surface area contributed by atoms with Crippen LogP contribution in [0.25, 0.3) is 0 Å². The topological polar surface area (TPSA) is 131 Å². The average Bonchev–Trinajstić information content (AvgIpc) is 2.96. The Bertz CT molecular complexity index is 594. The highest BCUT2D eigenvalue weighted by atomic mass is 16.6. The molecule has 0 aromatic heterocycles. The van der Waals surface area contributed by atoms with Gasteiger partial charge in [0.15, 0.2) is 0 Å². The molecule has 1 aromatic carbocycles. The highest BCUT2D eigenvalue weighted by Gasteiger charge is 2.32. The third-order valence-corrected chi connectivity index (χ3v) is 3.43. The lowest BCUT2D eigenvalue weighted by Gasteiger charge is -2.24. The number of primary amides is 1. The first-order chi connectivity index (χ1) is 11.5. The highest BCUT2D eigenvalue weighted by Crippen LogP contribution is 2.07. The van der Waals surface area contributed by atoms with E-state index in [-0.39, 0.29) is 19.8 Å². The van der Waals surface area contributed by atoms with E-state index >= 15 is 0 Å². The molecule has 9 nitrogen and oxygen atoms in total. The number of nitrogens with zero attached hydrogens (tertiary/aromatic N) is 1. The van der Waals surface area contributed by atoms with Crippen molar-refractivity contribution in [2.45, 2.75) is 18.8 Å². The number of nitrogens with one attached hydrogen (secondary N) is 1. The molecule has 1 heterocycles. The van der Waals surface area contributed by atoms with Gasteiger partial charge in [0.1, 0.15) is 25.4 Å². The van der Waals surface area contributed by atoms with Gasteiger partial charge in [-0.1, -0.05) is 30.3 Å². The second-order valence-corrected chi connectivity index (χ2v) is 5.21. The van der Waals surface area contributed by atoms with Crippen molar-refractivity contribution < 1.29 is 29.0 Å². The molecule has 2 atom stereocenters. The molecule has 4 N–H and O–H groups in total. The summed E-state index contributed by atoms with van der Waals surface area (Å²) in [6.07, 6.45) is -2.87. The van der Waals surface area contributed by atoms with Gasteiger partial charge in [0.2, 0.25) is 5.91 Å². The van der Waals surface area contributed by atoms with Gasteiger partial charge in [-0.2, -0.15) is 0 Å². The number of hydrogen-bond acceptors (Lipinski definition) is 6. The zero-order chi connectivity index (χ0) is 17.5. The Hall–Kier alpha value is -2.81. The van der Waals surface area contributed by atoms with Crippen molar-refractivity contribution in [3.63, 3.8) is 0 Å². The van der Waals surface area contributed by atoms with Crippen LogP contribution in [-0.2, 0) is 20.9 Å². The molecule has 9 heteroatoms. The number of carbonyl (C=O) groups excluding carboxylic acids is 3. The first-order valence-corrected chi connectivity index (χ1v) is 7.33. The van der Waals surface area contributed by atoms with Crippen LogP contribution in [0.3, 0.4) is 0 Å². The number of carbonyl (C=O) groups is 3. The molecule has 2 rings (SSSR count). The maximum Gasteiger partial charge on any atom is 0.410 e. The molecule has 0 spiro atoms. The van der Waals surface area contributed by atoms with E-state index in [1.165, 1.54) is 4.90 Å². The summed E-state index contributed by atoms with van der Waals surface area (Å²) in [5.74, 6) is -0.938. The average molecular weight is 337 g/mol. The lowest BCUT2D eigenvalue weighted by Crippen LogP contribution is -2.55. The summed E-state index contributed by atoms with van der Waals surface area (Å²) in [6.45, 7) is 0.317. The lowest BCUT2D eigenvalue weighted by molar-refractivity contribution is -0.122. The Morgan fingerprint density at radius 2 is 2.08 bits per heavy atom. The van der Waals surface area contributed by atoms with E-state index in [9.17, 15) is 19.5 Å². The quantitative estimate of drug-likeness (QED) is 0.619. The standard InChI is InChI=1S/C15H19N3O6/c16-13(20)12(11(19)8-18-6-7-23-15(18)22)17-14(21)24-9-10-4-2-1-3-5-10/h1-5,11-12,19H,6-9H2,(H2,16,20)(H,17,21)/t11-,12-/m0/s1. The molecule has 1 aliphatic heterocycles. The predicted octanol–water partition coefficient (Wildman–Crippen LogP) is -0.420. The van der Waals surface area contributed by atoms with Gasteiger partial charge in [0.05, 0.1) is 13.1 Å². The van der Waals surface area contributed by atoms with E-state index < -0.39 is 30.2 Å². The molecule has 1 aromatic rings. The molecule has 0 unspecified atom stereocenters. The Labute approximate surface area is 138 Å². The minimum atomic E-state index is -1.39. The number of amides is 3. The number of alkyl carbamates (subject to hydrolysis) is 1. The van der Waals surface area contributed by atoms with Crippen molar-refractivity contribution in [1.82, 2.24) is 10.2 Å². The second-order valence-electron chi connectivity index (χ2n) is 5.21. The molecule has 1 aliphatic rings. The van der Waals surface area contributed by atoms with Gasteiger partial charge in [0, 0.05) is 0 Å². The third-order valence-electron chi connectivity index (χ3n) is 3.43. The van der Waals surface area contributed by atoms with Gasteiger partial charge in [-0.3, -0.25) is 4.79 Å². The molecular formula is C15H19N3O6. The van der Waals surface area contributed by atoms with Crippen molar-refractivity contribution in [3.8, 4) is 0 Å². The number of hydrogen-bond donors (Lipinski definition) is 3. The fraction of sp³-hybridized carbons (Fsp3) is 0.400. The van der Waals surface area contributed by atoms with E-state index in [1.54, 1.807) is 24.3 Å². The van der Waals surface area contributed by atoms with E-state index in [2.05, 4.69) is 5.32 Å². The van der Waals surface area contributed by atoms with Crippen LogP contribution in [0.4, 0.5) is 9.59 Å². The van der Waals surface area contributed by atoms with Crippen LogP contribution in [0.1, 0.15) is 5.56 Å². The molecule has 1 saturated heterocycles. The third kappa shape index (κ3) is 4.85. The predicted molar refractivity (Wildman–Crippen MR) is 81.7 cm³/mol. The molecule has 1 fully saturated rings. The van der Waals surface area contributed by atoms with E-state index in [1.807, 2.05) is 6.07 Å². The molecule has 130 valence electrons. The Morgan fingerprint density at radius 1 is 1.38 bits per heavy atom. The summed E-state index contributed by atoms with van der Waals surface area (Å²) >= 11 is 0. The summed E-state index contributed by atoms with van der Waals surface area (Å²) in [6, 6.07) is 7.57. The molecule has 0 bridgehead atoms. The maximum absolute atomic E-state index is 11.8. The van der Waals surface area contributed by atoms with Crippen LogP contribution in [-0.4, -0.2) is 59.9 Å². The second kappa shape index (κ2) is 8.16. The Kier molecular flexibility index (Phi) is 5.96. The zero-order valence-corrected chi connectivity index (χ0v) is 12.9. The minimum Gasteiger partial charge on any atom is -0.448 e. The van der Waals surface area contributed by atoms with Gasteiger partial charge in [-0.15, -0.1) is 0 Å². The summed E-state index contributed by atoms with van der Waals surface area (Å²) in [7, 11) is 0. The largest absolute Gasteiger partial charge is 0.448 e. The Morgan fingerprint density at radius 3 is 2.67 bits per heavy atom. The number of nitrogens with two attached hydrogens (primary N) is 1. The minimum absolute atomic E-state index is 0.00665. The molecule has 24 heavy (non-hydrogen) atoms. The SMILES string of the molecule is NC(=O)[C@@H](NC(=O)OCc1ccccc1)[C@@H](O)CN1CCOC1=O. The molecular weight excluding hydrogens is 318 g/mol. The molecule has 0 aliphatic carbocycles. The van der Waals surface area contributed by atoms with Gasteiger partial charge in [-0.05, 0) is 5.56 Å². The van der Waals surface area contributed by atoms with Crippen LogP contribution in [0.5, 0.6) is 0 Å². The van der Waals surface area contributed by atoms with Crippen molar-refractivity contribution >= 4 is 18.1 Å². The first kappa shape index (κ1) is 17.5. The maximum atomic E-state index is 11.8. The van der Waals surface area contributed by atoms with Gasteiger partial charge in [-0.25, -0.2) is 9.59 Å². The van der Waals surface area contributed by atoms with Crippen LogP contribution >= 0.6 is 0 Å². The molecule has 0 saturated carbocycles. The van der Waals surface area contributed by atoms with E-state index in [0.29, 0.717) is 6.54 Å². The van der Waals surface area contributed by atoms with Crippen LogP contribution in [0, 0.1) is 0 Å². The Balaban J connectivity index is 1.86. The van der Waals surface area contributed by atoms with E-state index in [4.69, 9.17) is 15.2 Å². The highest BCUT2D eigenvalue weighted by molar-refractivity contribution is 5.85. The lowest BCUT2D eigenvalue weighted by atomic mass is 10.1. The monoisotopic (exact) mass is 337 g/mol. The summed E-state index contributed by atoms with van der Waals surface area (Å²) in [5, 5.41) is 12.3.